The molecule has 0 aromatic carbocycles. The maximum Gasteiger partial charge on any atom is 0.136 e. The van der Waals surface area contributed by atoms with Crippen LogP contribution in [0.4, 0.5) is 5.82 Å². The molecule has 0 bridgehead atoms. The van der Waals surface area contributed by atoms with Crippen LogP contribution in [0.15, 0.2) is 12.3 Å². The van der Waals surface area contributed by atoms with Crippen molar-refractivity contribution in [2.45, 2.75) is 26.7 Å². The zero-order chi connectivity index (χ0) is 13.4. The molecule has 4 nitrogen and oxygen atoms in total. The monoisotopic (exact) mass is 267 g/mol. The molecule has 0 saturated heterocycles. The van der Waals surface area contributed by atoms with Crippen LogP contribution >= 0.6 is 12.2 Å². The second kappa shape index (κ2) is 8.00. The number of nitrogens with two attached hydrogens (primary N) is 1. The summed E-state index contributed by atoms with van der Waals surface area (Å²) in [6.45, 7) is 6.46. The molecule has 0 spiro atoms. The lowest BCUT2D eigenvalue weighted by molar-refractivity contribution is 0.134. The molecule has 18 heavy (non-hydrogen) atoms. The van der Waals surface area contributed by atoms with Crippen LogP contribution in [0.5, 0.6) is 0 Å². The van der Waals surface area contributed by atoms with E-state index in [0.717, 1.165) is 49.5 Å². The molecule has 100 valence electrons. The van der Waals surface area contributed by atoms with E-state index in [1.165, 1.54) is 0 Å². The number of rotatable bonds is 8. The molecule has 0 atom stereocenters. The number of hydrogen-bond donors (Lipinski definition) is 2. The van der Waals surface area contributed by atoms with Gasteiger partial charge in [-0.15, -0.1) is 0 Å². The van der Waals surface area contributed by atoms with E-state index >= 15 is 0 Å². The minimum Gasteiger partial charge on any atom is -0.389 e. The molecule has 1 rings (SSSR count). The Balaban J connectivity index is 2.47. The quantitative estimate of drug-likeness (QED) is 0.559. The lowest BCUT2D eigenvalue weighted by Gasteiger charge is -2.12. The van der Waals surface area contributed by atoms with Crippen LogP contribution in [0, 0.1) is 6.92 Å². The number of ether oxygens (including phenoxy) is 1. The molecule has 0 unspecified atom stereocenters. The zero-order valence-corrected chi connectivity index (χ0v) is 11.8. The predicted molar refractivity (Wildman–Crippen MR) is 79.1 cm³/mol. The lowest BCUT2D eigenvalue weighted by atomic mass is 10.1. The van der Waals surface area contributed by atoms with Crippen molar-refractivity contribution in [1.82, 2.24) is 4.98 Å². The molecule has 0 aliphatic rings. The third-order valence-corrected chi connectivity index (χ3v) is 2.72. The number of nitrogens with zero attached hydrogens (tertiary/aromatic N) is 1. The summed E-state index contributed by atoms with van der Waals surface area (Å²) in [5, 5.41) is 3.25. The average molecular weight is 267 g/mol. The summed E-state index contributed by atoms with van der Waals surface area (Å²) in [4.78, 5) is 4.66. The van der Waals surface area contributed by atoms with Crippen LogP contribution in [-0.2, 0) is 4.74 Å². The first-order valence-corrected chi connectivity index (χ1v) is 6.64. The van der Waals surface area contributed by atoms with Crippen molar-refractivity contribution in [3.63, 3.8) is 0 Å². The van der Waals surface area contributed by atoms with E-state index in [2.05, 4.69) is 17.2 Å². The Morgan fingerprint density at radius 2 is 2.28 bits per heavy atom. The molecular formula is C13H21N3OS. The zero-order valence-electron chi connectivity index (χ0n) is 11.0. The van der Waals surface area contributed by atoms with Crippen molar-refractivity contribution in [1.29, 1.82) is 0 Å². The van der Waals surface area contributed by atoms with Crippen molar-refractivity contribution in [2.75, 3.05) is 25.1 Å². The second-order valence-electron chi connectivity index (χ2n) is 4.11. The third kappa shape index (κ3) is 4.58. The fraction of sp³-hybridized carbons (Fsp3) is 0.538. The van der Waals surface area contributed by atoms with Gasteiger partial charge in [0.15, 0.2) is 0 Å². The van der Waals surface area contributed by atoms with Crippen LogP contribution in [-0.4, -0.2) is 29.7 Å². The number of nitrogens with one attached hydrogen (secondary N) is 1. The highest BCUT2D eigenvalue weighted by Gasteiger charge is 2.08. The van der Waals surface area contributed by atoms with Gasteiger partial charge in [-0.1, -0.05) is 19.1 Å². The number of anilines is 1. The molecule has 1 heterocycles. The van der Waals surface area contributed by atoms with Crippen molar-refractivity contribution in [3.05, 3.63) is 23.4 Å². The minimum absolute atomic E-state index is 0.380. The van der Waals surface area contributed by atoms with Crippen LogP contribution < -0.4 is 11.1 Å². The van der Waals surface area contributed by atoms with Gasteiger partial charge in [-0.25, -0.2) is 4.98 Å². The predicted octanol–water partition coefficient (Wildman–Crippen LogP) is 2.25. The summed E-state index contributed by atoms with van der Waals surface area (Å²) in [7, 11) is 0. The molecule has 0 fully saturated rings. The third-order valence-electron chi connectivity index (χ3n) is 2.51. The van der Waals surface area contributed by atoms with Gasteiger partial charge < -0.3 is 15.8 Å². The van der Waals surface area contributed by atoms with Crippen LogP contribution in [0.2, 0.25) is 0 Å². The normalized spacial score (nSPS) is 10.3. The number of aryl methyl sites for hydroxylation is 1. The molecule has 5 heteroatoms. The molecule has 0 amide bonds. The first kappa shape index (κ1) is 14.9. The highest BCUT2D eigenvalue weighted by molar-refractivity contribution is 7.80. The van der Waals surface area contributed by atoms with Gasteiger partial charge in [0.05, 0.1) is 5.56 Å². The number of thiocarbonyl (C=S) groups is 1. The summed E-state index contributed by atoms with van der Waals surface area (Å²) in [5.74, 6) is 0.762. The maximum atomic E-state index is 5.71. The van der Waals surface area contributed by atoms with E-state index in [1.807, 2.05) is 13.0 Å². The lowest BCUT2D eigenvalue weighted by Crippen LogP contribution is -2.17. The maximum absolute atomic E-state index is 5.71. The summed E-state index contributed by atoms with van der Waals surface area (Å²) in [6.07, 6.45) is 3.75. The van der Waals surface area contributed by atoms with Crippen LogP contribution in [0.1, 0.15) is 30.9 Å². The van der Waals surface area contributed by atoms with E-state index < -0.39 is 0 Å². The van der Waals surface area contributed by atoms with Crippen LogP contribution in [0.25, 0.3) is 0 Å². The standard InChI is InChI=1S/C13H21N3OS/c1-3-8-17-9-4-6-15-13-11(12(14)18)10(2)5-7-16-13/h5,7H,3-4,6,8-9H2,1-2H3,(H2,14,18)(H,15,16). The van der Waals surface area contributed by atoms with Crippen LogP contribution in [0.3, 0.4) is 0 Å². The van der Waals surface area contributed by atoms with Crippen molar-refractivity contribution in [3.8, 4) is 0 Å². The summed E-state index contributed by atoms with van der Waals surface area (Å²) in [6, 6.07) is 1.91. The Morgan fingerprint density at radius 3 is 2.94 bits per heavy atom. The number of hydrogen-bond acceptors (Lipinski definition) is 4. The SMILES string of the molecule is CCCOCCCNc1nccc(C)c1C(N)=S. The van der Waals surface area contributed by atoms with E-state index in [-0.39, 0.29) is 0 Å². The fourth-order valence-corrected chi connectivity index (χ4v) is 1.89. The van der Waals surface area contributed by atoms with E-state index in [0.29, 0.717) is 4.99 Å². The Bertz CT molecular complexity index is 396. The van der Waals surface area contributed by atoms with Gasteiger partial charge in [-0.05, 0) is 31.4 Å². The van der Waals surface area contributed by atoms with Gasteiger partial charge in [0, 0.05) is 26.0 Å². The summed E-state index contributed by atoms with van der Waals surface area (Å²) in [5.41, 5.74) is 7.59. The van der Waals surface area contributed by atoms with Gasteiger partial charge >= 0.3 is 0 Å². The molecule has 0 aliphatic carbocycles. The Morgan fingerprint density at radius 1 is 1.50 bits per heavy atom. The minimum atomic E-state index is 0.380. The van der Waals surface area contributed by atoms with Crippen molar-refractivity contribution < 1.29 is 4.74 Å². The molecule has 3 N–H and O–H groups in total. The Labute approximate surface area is 114 Å². The second-order valence-corrected chi connectivity index (χ2v) is 4.55. The van der Waals surface area contributed by atoms with Gasteiger partial charge in [-0.2, -0.15) is 0 Å². The number of pyridine rings is 1. The fourth-order valence-electron chi connectivity index (χ4n) is 1.63. The average Bonchev–Trinajstić information content (AvgIpc) is 2.33. The van der Waals surface area contributed by atoms with Crippen molar-refractivity contribution >= 4 is 23.0 Å². The molecule has 0 saturated carbocycles. The topological polar surface area (TPSA) is 60.2 Å². The van der Waals surface area contributed by atoms with Crippen molar-refractivity contribution in [2.24, 2.45) is 5.73 Å². The first-order valence-electron chi connectivity index (χ1n) is 6.23. The smallest absolute Gasteiger partial charge is 0.136 e. The van der Waals surface area contributed by atoms with E-state index in [9.17, 15) is 0 Å². The molecular weight excluding hydrogens is 246 g/mol. The van der Waals surface area contributed by atoms with Gasteiger partial charge in [0.25, 0.3) is 0 Å². The molecule has 0 radical (unpaired) electrons. The summed E-state index contributed by atoms with van der Waals surface area (Å²) >= 11 is 5.05. The van der Waals surface area contributed by atoms with E-state index in [1.54, 1.807) is 6.20 Å². The Kier molecular flexibility index (Phi) is 6.60. The first-order chi connectivity index (χ1) is 8.66. The Hall–Kier alpha value is -1.20. The van der Waals surface area contributed by atoms with E-state index in [4.69, 9.17) is 22.7 Å². The van der Waals surface area contributed by atoms with Gasteiger partial charge in [0.2, 0.25) is 0 Å². The molecule has 1 aromatic rings. The van der Waals surface area contributed by atoms with Gasteiger partial charge in [-0.3, -0.25) is 0 Å². The van der Waals surface area contributed by atoms with Gasteiger partial charge in [0.1, 0.15) is 10.8 Å². The highest BCUT2D eigenvalue weighted by Crippen LogP contribution is 2.16. The number of aromatic nitrogens is 1. The molecule has 1 aromatic heterocycles. The summed E-state index contributed by atoms with van der Waals surface area (Å²) < 4.78 is 5.41. The largest absolute Gasteiger partial charge is 0.389 e. The molecule has 0 aliphatic heterocycles. The highest BCUT2D eigenvalue weighted by atomic mass is 32.1.